The lowest BCUT2D eigenvalue weighted by atomic mass is 10.1. The average Bonchev–Trinajstić information content (AvgIpc) is 2.78. The molecular formula is C15H16Cl2N2OS. The van der Waals surface area contributed by atoms with Crippen molar-refractivity contribution in [1.29, 1.82) is 0 Å². The highest BCUT2D eigenvalue weighted by Crippen LogP contribution is 2.31. The van der Waals surface area contributed by atoms with E-state index < -0.39 is 0 Å². The van der Waals surface area contributed by atoms with Crippen LogP contribution in [-0.2, 0) is 0 Å². The number of likely N-dealkylation sites (N-methyl/N-ethyl adjacent to an activating group) is 1. The molecule has 1 amide bonds. The first kappa shape index (κ1) is 16.3. The standard InChI is InChI=1S/C15H16Cl2N2OS/c1-19(2)12(10-6-4-3-5-7-10)9-18-15(20)11-8-13(16)21-14(11)17/h3-8,12H,9H2,1-2H3,(H,18,20). The summed E-state index contributed by atoms with van der Waals surface area (Å²) < 4.78 is 0.927. The van der Waals surface area contributed by atoms with Gasteiger partial charge in [-0.1, -0.05) is 53.5 Å². The van der Waals surface area contributed by atoms with E-state index in [1.807, 2.05) is 44.4 Å². The van der Waals surface area contributed by atoms with Gasteiger partial charge in [0.2, 0.25) is 0 Å². The Morgan fingerprint density at radius 1 is 1.29 bits per heavy atom. The van der Waals surface area contributed by atoms with Crippen molar-refractivity contribution >= 4 is 40.4 Å². The van der Waals surface area contributed by atoms with Crippen LogP contribution < -0.4 is 5.32 Å². The number of amides is 1. The smallest absolute Gasteiger partial charge is 0.253 e. The molecule has 112 valence electrons. The maximum atomic E-state index is 12.2. The average molecular weight is 343 g/mol. The van der Waals surface area contributed by atoms with Crippen LogP contribution in [0.25, 0.3) is 0 Å². The summed E-state index contributed by atoms with van der Waals surface area (Å²) in [5, 5.41) is 2.92. The minimum Gasteiger partial charge on any atom is -0.350 e. The van der Waals surface area contributed by atoms with Gasteiger partial charge in [0.1, 0.15) is 4.34 Å². The Balaban J connectivity index is 2.06. The fourth-order valence-electron chi connectivity index (χ4n) is 2.05. The Morgan fingerprint density at radius 2 is 1.95 bits per heavy atom. The number of nitrogens with one attached hydrogen (secondary N) is 1. The van der Waals surface area contributed by atoms with E-state index in [0.717, 1.165) is 5.56 Å². The Hall–Kier alpha value is -1.07. The highest BCUT2D eigenvalue weighted by Gasteiger charge is 2.18. The molecule has 0 spiro atoms. The zero-order valence-electron chi connectivity index (χ0n) is 11.8. The number of halogens is 2. The number of carbonyl (C=O) groups is 1. The normalized spacial score (nSPS) is 12.4. The summed E-state index contributed by atoms with van der Waals surface area (Å²) in [7, 11) is 3.97. The predicted molar refractivity (Wildman–Crippen MR) is 89.5 cm³/mol. The molecule has 1 unspecified atom stereocenters. The molecule has 1 heterocycles. The van der Waals surface area contributed by atoms with Gasteiger partial charge >= 0.3 is 0 Å². The van der Waals surface area contributed by atoms with Crippen molar-refractivity contribution < 1.29 is 4.79 Å². The van der Waals surface area contributed by atoms with Crippen molar-refractivity contribution in [3.05, 3.63) is 56.2 Å². The summed E-state index contributed by atoms with van der Waals surface area (Å²) in [6.07, 6.45) is 0. The van der Waals surface area contributed by atoms with E-state index in [4.69, 9.17) is 23.2 Å². The van der Waals surface area contributed by atoms with Gasteiger partial charge in [0.05, 0.1) is 15.9 Å². The fourth-order valence-corrected chi connectivity index (χ4v) is 3.51. The SMILES string of the molecule is CN(C)C(CNC(=O)c1cc(Cl)sc1Cl)c1ccccc1. The van der Waals surface area contributed by atoms with Crippen LogP contribution in [0.15, 0.2) is 36.4 Å². The lowest BCUT2D eigenvalue weighted by molar-refractivity contribution is 0.0942. The first-order valence-corrected chi connectivity index (χ1v) is 8.00. The first-order chi connectivity index (χ1) is 9.99. The van der Waals surface area contributed by atoms with Gasteiger partial charge in [-0.25, -0.2) is 0 Å². The van der Waals surface area contributed by atoms with Gasteiger partial charge in [-0.2, -0.15) is 0 Å². The quantitative estimate of drug-likeness (QED) is 0.887. The topological polar surface area (TPSA) is 32.3 Å². The summed E-state index contributed by atoms with van der Waals surface area (Å²) in [4.78, 5) is 14.2. The number of rotatable bonds is 5. The van der Waals surface area contributed by atoms with Crippen molar-refractivity contribution in [1.82, 2.24) is 10.2 Å². The number of thiophene rings is 1. The molecule has 0 bridgehead atoms. The minimum absolute atomic E-state index is 0.100. The number of hydrogen-bond donors (Lipinski definition) is 1. The van der Waals surface area contributed by atoms with Crippen LogP contribution in [0.1, 0.15) is 22.0 Å². The molecule has 6 heteroatoms. The second-order valence-electron chi connectivity index (χ2n) is 4.84. The first-order valence-electron chi connectivity index (χ1n) is 6.43. The molecule has 21 heavy (non-hydrogen) atoms. The maximum absolute atomic E-state index is 12.2. The summed E-state index contributed by atoms with van der Waals surface area (Å²) >= 11 is 13.1. The van der Waals surface area contributed by atoms with Crippen LogP contribution in [0.2, 0.25) is 8.67 Å². The third kappa shape index (κ3) is 4.20. The number of hydrogen-bond acceptors (Lipinski definition) is 3. The Labute approximate surface area is 138 Å². The Bertz CT molecular complexity index is 613. The maximum Gasteiger partial charge on any atom is 0.253 e. The van der Waals surface area contributed by atoms with Crippen molar-refractivity contribution in [3.8, 4) is 0 Å². The molecule has 2 aromatic rings. The zero-order chi connectivity index (χ0) is 15.4. The van der Waals surface area contributed by atoms with Gasteiger partial charge in [0.15, 0.2) is 0 Å². The van der Waals surface area contributed by atoms with E-state index >= 15 is 0 Å². The highest BCUT2D eigenvalue weighted by atomic mass is 35.5. The summed E-state index contributed by atoms with van der Waals surface area (Å²) in [6, 6.07) is 11.7. The van der Waals surface area contributed by atoms with Crippen LogP contribution >= 0.6 is 34.5 Å². The van der Waals surface area contributed by atoms with Crippen LogP contribution in [-0.4, -0.2) is 31.4 Å². The van der Waals surface area contributed by atoms with Crippen molar-refractivity contribution in [2.24, 2.45) is 0 Å². The molecule has 0 aliphatic rings. The van der Waals surface area contributed by atoms with Gasteiger partial charge in [-0.15, -0.1) is 11.3 Å². The molecule has 1 aromatic carbocycles. The molecule has 0 fully saturated rings. The fraction of sp³-hybridized carbons (Fsp3) is 0.267. The molecule has 1 atom stereocenters. The van der Waals surface area contributed by atoms with Crippen LogP contribution in [0.5, 0.6) is 0 Å². The van der Waals surface area contributed by atoms with Gasteiger partial charge in [0.25, 0.3) is 5.91 Å². The van der Waals surface area contributed by atoms with E-state index in [0.29, 0.717) is 20.8 Å². The molecule has 0 aliphatic heterocycles. The van der Waals surface area contributed by atoms with Gasteiger partial charge < -0.3 is 10.2 Å². The molecular weight excluding hydrogens is 327 g/mol. The van der Waals surface area contributed by atoms with Gasteiger partial charge in [0, 0.05) is 6.54 Å². The van der Waals surface area contributed by atoms with Crippen molar-refractivity contribution in [3.63, 3.8) is 0 Å². The Morgan fingerprint density at radius 3 is 2.48 bits per heavy atom. The largest absolute Gasteiger partial charge is 0.350 e. The summed E-state index contributed by atoms with van der Waals surface area (Å²) in [5.41, 5.74) is 1.58. The molecule has 0 radical (unpaired) electrons. The number of carbonyl (C=O) groups excluding carboxylic acids is 1. The third-order valence-corrected chi connectivity index (χ3v) is 4.65. The van der Waals surface area contributed by atoms with Gasteiger partial charge in [-0.05, 0) is 25.7 Å². The number of nitrogens with zero attached hydrogens (tertiary/aromatic N) is 1. The second kappa shape index (κ2) is 7.27. The third-order valence-electron chi connectivity index (χ3n) is 3.16. The van der Waals surface area contributed by atoms with Crippen LogP contribution in [0, 0.1) is 0 Å². The molecule has 1 aromatic heterocycles. The van der Waals surface area contributed by atoms with Crippen LogP contribution in [0.3, 0.4) is 0 Å². The molecule has 1 N–H and O–H groups in total. The molecule has 3 nitrogen and oxygen atoms in total. The lowest BCUT2D eigenvalue weighted by Crippen LogP contribution is -2.34. The second-order valence-corrected chi connectivity index (χ2v) is 7.12. The predicted octanol–water partition coefficient (Wildman–Crippen LogP) is 4.09. The summed E-state index contributed by atoms with van der Waals surface area (Å²) in [6.45, 7) is 0.500. The monoisotopic (exact) mass is 342 g/mol. The number of benzene rings is 1. The molecule has 0 aliphatic carbocycles. The van der Waals surface area contributed by atoms with Crippen molar-refractivity contribution in [2.45, 2.75) is 6.04 Å². The van der Waals surface area contributed by atoms with E-state index in [2.05, 4.69) is 10.2 Å². The molecule has 0 saturated carbocycles. The van der Waals surface area contributed by atoms with E-state index in [-0.39, 0.29) is 11.9 Å². The van der Waals surface area contributed by atoms with E-state index in [1.54, 1.807) is 6.07 Å². The highest BCUT2D eigenvalue weighted by molar-refractivity contribution is 7.20. The van der Waals surface area contributed by atoms with Crippen LogP contribution in [0.4, 0.5) is 0 Å². The van der Waals surface area contributed by atoms with E-state index in [9.17, 15) is 4.79 Å². The zero-order valence-corrected chi connectivity index (χ0v) is 14.1. The van der Waals surface area contributed by atoms with E-state index in [1.165, 1.54) is 11.3 Å². The lowest BCUT2D eigenvalue weighted by Gasteiger charge is -2.25. The van der Waals surface area contributed by atoms with Crippen molar-refractivity contribution in [2.75, 3.05) is 20.6 Å². The Kier molecular flexibility index (Phi) is 5.65. The molecule has 0 saturated heterocycles. The molecule has 2 rings (SSSR count). The minimum atomic E-state index is -0.203. The summed E-state index contributed by atoms with van der Waals surface area (Å²) in [5.74, 6) is -0.203. The van der Waals surface area contributed by atoms with Gasteiger partial charge in [-0.3, -0.25) is 4.79 Å².